The molecule has 1 atom stereocenters. The Hall–Kier alpha value is -1.40. The lowest BCUT2D eigenvalue weighted by Gasteiger charge is -2.31. The number of carbonyl (C=O) groups excluding carboxylic acids is 2. The molecule has 1 aromatic heterocycles. The van der Waals surface area contributed by atoms with Crippen molar-refractivity contribution in [2.75, 3.05) is 18.4 Å². The number of rotatable bonds is 4. The average molecular weight is 281 g/mol. The maximum absolute atomic E-state index is 12.2. The quantitative estimate of drug-likeness (QED) is 0.881. The molecule has 0 aromatic carbocycles. The first-order valence-electron chi connectivity index (χ1n) is 6.52. The number of amides is 2. The second-order valence-electron chi connectivity index (χ2n) is 4.79. The van der Waals surface area contributed by atoms with Gasteiger partial charge in [-0.15, -0.1) is 11.3 Å². The van der Waals surface area contributed by atoms with E-state index < -0.39 is 5.91 Å². The van der Waals surface area contributed by atoms with Crippen LogP contribution in [0.15, 0.2) is 11.4 Å². The van der Waals surface area contributed by atoms with Gasteiger partial charge in [-0.1, -0.05) is 6.42 Å². The Labute approximate surface area is 116 Å². The Balaban J connectivity index is 1.99. The van der Waals surface area contributed by atoms with Gasteiger partial charge in [-0.3, -0.25) is 14.5 Å². The zero-order valence-electron chi connectivity index (χ0n) is 11.0. The first-order chi connectivity index (χ1) is 9.09. The first kappa shape index (κ1) is 14.0. The summed E-state index contributed by atoms with van der Waals surface area (Å²) in [4.78, 5) is 25.6. The lowest BCUT2D eigenvalue weighted by atomic mass is 10.1. The molecule has 0 saturated carbocycles. The molecule has 2 amide bonds. The summed E-state index contributed by atoms with van der Waals surface area (Å²) >= 11 is 1.32. The van der Waals surface area contributed by atoms with Gasteiger partial charge >= 0.3 is 0 Å². The highest BCUT2D eigenvalue weighted by atomic mass is 32.1. The Morgan fingerprint density at radius 3 is 2.68 bits per heavy atom. The van der Waals surface area contributed by atoms with Gasteiger partial charge in [0.1, 0.15) is 5.00 Å². The Morgan fingerprint density at radius 2 is 2.05 bits per heavy atom. The normalized spacial score (nSPS) is 17.9. The van der Waals surface area contributed by atoms with Crippen LogP contribution in [0.5, 0.6) is 0 Å². The van der Waals surface area contributed by atoms with Gasteiger partial charge in [0.15, 0.2) is 0 Å². The molecule has 0 radical (unpaired) electrons. The van der Waals surface area contributed by atoms with Gasteiger partial charge in [0.05, 0.1) is 11.6 Å². The van der Waals surface area contributed by atoms with Crippen LogP contribution in [0.3, 0.4) is 0 Å². The molecule has 19 heavy (non-hydrogen) atoms. The van der Waals surface area contributed by atoms with Crippen molar-refractivity contribution >= 4 is 28.2 Å². The number of likely N-dealkylation sites (tertiary alicyclic amines) is 1. The van der Waals surface area contributed by atoms with Gasteiger partial charge in [-0.05, 0) is 44.3 Å². The fraction of sp³-hybridized carbons (Fsp3) is 0.538. The maximum atomic E-state index is 12.2. The van der Waals surface area contributed by atoms with Gasteiger partial charge in [0.2, 0.25) is 5.91 Å². The van der Waals surface area contributed by atoms with Crippen molar-refractivity contribution in [1.82, 2.24) is 4.90 Å². The molecule has 1 aliphatic rings. The molecule has 1 saturated heterocycles. The highest BCUT2D eigenvalue weighted by Gasteiger charge is 2.24. The number of piperidine rings is 1. The molecule has 1 aromatic rings. The molecule has 3 N–H and O–H groups in total. The number of primary amides is 1. The Kier molecular flexibility index (Phi) is 4.55. The van der Waals surface area contributed by atoms with E-state index in [2.05, 4.69) is 10.2 Å². The third-order valence-corrected chi connectivity index (χ3v) is 4.32. The molecule has 104 valence electrons. The molecule has 2 heterocycles. The topological polar surface area (TPSA) is 75.4 Å². The Morgan fingerprint density at radius 1 is 1.37 bits per heavy atom. The van der Waals surface area contributed by atoms with Crippen LogP contribution in [-0.4, -0.2) is 35.8 Å². The van der Waals surface area contributed by atoms with E-state index in [1.165, 1.54) is 17.8 Å². The van der Waals surface area contributed by atoms with Crippen molar-refractivity contribution in [2.45, 2.75) is 32.2 Å². The highest BCUT2D eigenvalue weighted by molar-refractivity contribution is 7.14. The minimum absolute atomic E-state index is 0.0770. The molecule has 2 rings (SSSR count). The van der Waals surface area contributed by atoms with Crippen LogP contribution < -0.4 is 11.1 Å². The number of anilines is 1. The highest BCUT2D eigenvalue weighted by Crippen LogP contribution is 2.23. The van der Waals surface area contributed by atoms with Crippen LogP contribution in [-0.2, 0) is 4.79 Å². The summed E-state index contributed by atoms with van der Waals surface area (Å²) in [6.07, 6.45) is 3.52. The van der Waals surface area contributed by atoms with Crippen LogP contribution in [0.2, 0.25) is 0 Å². The monoisotopic (exact) mass is 281 g/mol. The SMILES string of the molecule is C[C@H](C(=O)Nc1sccc1C(N)=O)N1CCCCC1. The number of nitrogens with zero attached hydrogens (tertiary/aromatic N) is 1. The fourth-order valence-electron chi connectivity index (χ4n) is 2.29. The molecule has 0 unspecified atom stereocenters. The number of carbonyl (C=O) groups is 2. The molecule has 0 aliphatic carbocycles. The Bertz CT molecular complexity index is 466. The van der Waals surface area contributed by atoms with E-state index in [9.17, 15) is 9.59 Å². The number of thiophene rings is 1. The van der Waals surface area contributed by atoms with Gasteiger partial charge in [0.25, 0.3) is 5.91 Å². The summed E-state index contributed by atoms with van der Waals surface area (Å²) in [5.41, 5.74) is 5.64. The van der Waals surface area contributed by atoms with Crippen molar-refractivity contribution < 1.29 is 9.59 Å². The molecule has 0 spiro atoms. The number of nitrogens with two attached hydrogens (primary N) is 1. The van der Waals surface area contributed by atoms with Crippen molar-refractivity contribution in [1.29, 1.82) is 0 Å². The second-order valence-corrected chi connectivity index (χ2v) is 5.71. The number of hydrogen-bond acceptors (Lipinski definition) is 4. The average Bonchev–Trinajstić information content (AvgIpc) is 2.87. The molecule has 1 fully saturated rings. The molecule has 6 heteroatoms. The molecule has 5 nitrogen and oxygen atoms in total. The lowest BCUT2D eigenvalue weighted by Crippen LogP contribution is -2.44. The summed E-state index contributed by atoms with van der Waals surface area (Å²) in [6, 6.07) is 1.46. The molecule has 1 aliphatic heterocycles. The van der Waals surface area contributed by atoms with Gasteiger partial charge in [-0.2, -0.15) is 0 Å². The van der Waals surface area contributed by atoms with E-state index in [1.807, 2.05) is 6.92 Å². The molecular weight excluding hydrogens is 262 g/mol. The van der Waals surface area contributed by atoms with Gasteiger partial charge in [0, 0.05) is 0 Å². The summed E-state index contributed by atoms with van der Waals surface area (Å²) in [5, 5.41) is 5.10. The molecular formula is C13H19N3O2S. The third kappa shape index (κ3) is 3.33. The van der Waals surface area contributed by atoms with E-state index in [-0.39, 0.29) is 11.9 Å². The fourth-order valence-corrected chi connectivity index (χ4v) is 3.08. The van der Waals surface area contributed by atoms with E-state index in [0.717, 1.165) is 25.9 Å². The van der Waals surface area contributed by atoms with Crippen molar-refractivity contribution in [3.63, 3.8) is 0 Å². The lowest BCUT2D eigenvalue weighted by molar-refractivity contribution is -0.121. The van der Waals surface area contributed by atoms with E-state index in [0.29, 0.717) is 10.6 Å². The van der Waals surface area contributed by atoms with Crippen molar-refractivity contribution in [2.24, 2.45) is 5.73 Å². The van der Waals surface area contributed by atoms with Gasteiger partial charge in [-0.25, -0.2) is 0 Å². The predicted molar refractivity (Wildman–Crippen MR) is 76.4 cm³/mol. The smallest absolute Gasteiger partial charge is 0.251 e. The number of nitrogens with one attached hydrogen (secondary N) is 1. The van der Waals surface area contributed by atoms with E-state index >= 15 is 0 Å². The maximum Gasteiger partial charge on any atom is 0.251 e. The van der Waals surface area contributed by atoms with Crippen molar-refractivity contribution in [3.8, 4) is 0 Å². The zero-order chi connectivity index (χ0) is 13.8. The standard InChI is InChI=1S/C13H19N3O2S/c1-9(16-6-3-2-4-7-16)12(18)15-13-10(11(14)17)5-8-19-13/h5,8-9H,2-4,6-7H2,1H3,(H2,14,17)(H,15,18)/t9-/m1/s1. The zero-order valence-corrected chi connectivity index (χ0v) is 11.8. The van der Waals surface area contributed by atoms with Crippen LogP contribution >= 0.6 is 11.3 Å². The first-order valence-corrected chi connectivity index (χ1v) is 7.40. The summed E-state index contributed by atoms with van der Waals surface area (Å²) < 4.78 is 0. The van der Waals surface area contributed by atoms with E-state index in [1.54, 1.807) is 11.4 Å². The van der Waals surface area contributed by atoms with Crippen molar-refractivity contribution in [3.05, 3.63) is 17.0 Å². The number of hydrogen-bond donors (Lipinski definition) is 2. The minimum Gasteiger partial charge on any atom is -0.366 e. The molecule has 0 bridgehead atoms. The predicted octanol–water partition coefficient (Wildman–Crippen LogP) is 1.66. The van der Waals surface area contributed by atoms with E-state index in [4.69, 9.17) is 5.73 Å². The van der Waals surface area contributed by atoms with Crippen LogP contribution in [0.4, 0.5) is 5.00 Å². The third-order valence-electron chi connectivity index (χ3n) is 3.49. The van der Waals surface area contributed by atoms with Crippen LogP contribution in [0.1, 0.15) is 36.5 Å². The van der Waals surface area contributed by atoms with Crippen LogP contribution in [0, 0.1) is 0 Å². The van der Waals surface area contributed by atoms with Gasteiger partial charge < -0.3 is 11.1 Å². The minimum atomic E-state index is -0.512. The summed E-state index contributed by atoms with van der Waals surface area (Å²) in [7, 11) is 0. The van der Waals surface area contributed by atoms with Crippen LogP contribution in [0.25, 0.3) is 0 Å². The second kappa shape index (κ2) is 6.16. The largest absolute Gasteiger partial charge is 0.366 e. The summed E-state index contributed by atoms with van der Waals surface area (Å²) in [6.45, 7) is 3.82. The summed E-state index contributed by atoms with van der Waals surface area (Å²) in [5.74, 6) is -0.589.